The molecule has 2 rings (SSSR count). The van der Waals surface area contributed by atoms with Gasteiger partial charge in [-0.05, 0) is 51.1 Å². The van der Waals surface area contributed by atoms with Crippen molar-refractivity contribution in [3.8, 4) is 0 Å². The van der Waals surface area contributed by atoms with Crippen LogP contribution in [0.25, 0.3) is 0 Å². The third-order valence-electron chi connectivity index (χ3n) is 4.09. The number of nitrogen functional groups attached to an aromatic ring is 1. The third-order valence-corrected chi connectivity index (χ3v) is 4.09. The molecule has 116 valence electrons. The fourth-order valence-electron chi connectivity index (χ4n) is 2.71. The first-order chi connectivity index (χ1) is 10.1. The van der Waals surface area contributed by atoms with Crippen molar-refractivity contribution in [1.82, 2.24) is 4.90 Å². The Labute approximate surface area is 125 Å². The van der Waals surface area contributed by atoms with Crippen molar-refractivity contribution in [2.45, 2.75) is 45.1 Å². The van der Waals surface area contributed by atoms with E-state index in [0.29, 0.717) is 5.69 Å². The second-order valence-electron chi connectivity index (χ2n) is 5.70. The van der Waals surface area contributed by atoms with Crippen LogP contribution in [0, 0.1) is 5.82 Å². The Morgan fingerprint density at radius 3 is 2.48 bits per heavy atom. The Morgan fingerprint density at radius 1 is 1.24 bits per heavy atom. The lowest BCUT2D eigenvalue weighted by Crippen LogP contribution is -2.43. The molecule has 0 radical (unpaired) electrons. The molecule has 1 heterocycles. The number of halogens is 1. The van der Waals surface area contributed by atoms with Gasteiger partial charge in [0.2, 0.25) is 5.91 Å². The molecule has 1 aromatic rings. The highest BCUT2D eigenvalue weighted by Gasteiger charge is 2.22. The van der Waals surface area contributed by atoms with Gasteiger partial charge in [0.25, 0.3) is 0 Å². The first-order valence-corrected chi connectivity index (χ1v) is 7.68. The van der Waals surface area contributed by atoms with Gasteiger partial charge in [0.1, 0.15) is 5.82 Å². The maximum absolute atomic E-state index is 13.0. The van der Waals surface area contributed by atoms with Gasteiger partial charge in [0.15, 0.2) is 0 Å². The summed E-state index contributed by atoms with van der Waals surface area (Å²) < 4.78 is 13.0. The summed E-state index contributed by atoms with van der Waals surface area (Å²) in [6.45, 7) is 3.82. The van der Waals surface area contributed by atoms with Gasteiger partial charge in [0, 0.05) is 0 Å². The molecule has 0 aliphatic carbocycles. The van der Waals surface area contributed by atoms with Crippen LogP contribution in [0.4, 0.5) is 15.8 Å². The van der Waals surface area contributed by atoms with Crippen LogP contribution >= 0.6 is 0 Å². The first kappa shape index (κ1) is 15.8. The first-order valence-electron chi connectivity index (χ1n) is 7.68. The number of rotatable bonds is 3. The summed E-state index contributed by atoms with van der Waals surface area (Å²) in [7, 11) is 0. The second-order valence-corrected chi connectivity index (χ2v) is 5.70. The molecule has 1 aliphatic heterocycles. The number of nitrogens with one attached hydrogen (secondary N) is 1. The number of benzene rings is 1. The van der Waals surface area contributed by atoms with E-state index in [1.807, 2.05) is 6.92 Å². The van der Waals surface area contributed by atoms with E-state index in [4.69, 9.17) is 5.73 Å². The number of anilines is 2. The molecular weight excluding hydrogens is 269 g/mol. The van der Waals surface area contributed by atoms with Gasteiger partial charge in [-0.3, -0.25) is 9.69 Å². The topological polar surface area (TPSA) is 58.4 Å². The molecule has 21 heavy (non-hydrogen) atoms. The summed E-state index contributed by atoms with van der Waals surface area (Å²) in [5.74, 6) is -0.490. The normalized spacial score (nSPS) is 18.6. The van der Waals surface area contributed by atoms with Crippen molar-refractivity contribution in [3.63, 3.8) is 0 Å². The van der Waals surface area contributed by atoms with Gasteiger partial charge in [-0.15, -0.1) is 0 Å². The predicted octanol–water partition coefficient (Wildman–Crippen LogP) is 3.00. The highest BCUT2D eigenvalue weighted by atomic mass is 19.1. The predicted molar refractivity (Wildman–Crippen MR) is 83.6 cm³/mol. The maximum Gasteiger partial charge on any atom is 0.241 e. The van der Waals surface area contributed by atoms with E-state index in [9.17, 15) is 9.18 Å². The van der Waals surface area contributed by atoms with Gasteiger partial charge in [-0.25, -0.2) is 4.39 Å². The van der Waals surface area contributed by atoms with Crippen LogP contribution < -0.4 is 11.1 Å². The van der Waals surface area contributed by atoms with Gasteiger partial charge < -0.3 is 11.1 Å². The van der Waals surface area contributed by atoms with E-state index in [-0.39, 0.29) is 17.6 Å². The summed E-state index contributed by atoms with van der Waals surface area (Å²) in [6, 6.07) is 3.82. The zero-order valence-corrected chi connectivity index (χ0v) is 12.6. The van der Waals surface area contributed by atoms with Crippen molar-refractivity contribution in [2.75, 3.05) is 24.1 Å². The average Bonchev–Trinajstić information content (AvgIpc) is 2.41. The lowest BCUT2D eigenvalue weighted by Gasteiger charge is -2.29. The highest BCUT2D eigenvalue weighted by Crippen LogP contribution is 2.20. The molecule has 0 spiro atoms. The van der Waals surface area contributed by atoms with Crippen LogP contribution in [0.3, 0.4) is 0 Å². The van der Waals surface area contributed by atoms with Crippen LogP contribution in [0.1, 0.15) is 39.0 Å². The lowest BCUT2D eigenvalue weighted by molar-refractivity contribution is -0.120. The summed E-state index contributed by atoms with van der Waals surface area (Å²) in [5.41, 5.74) is 6.45. The highest BCUT2D eigenvalue weighted by molar-refractivity contribution is 5.97. The molecule has 0 aromatic heterocycles. The largest absolute Gasteiger partial charge is 0.397 e. The molecule has 1 unspecified atom stereocenters. The third kappa shape index (κ3) is 4.43. The SMILES string of the molecule is CC(C(=O)Nc1ccc(F)cc1N)N1CCCCCCC1. The fraction of sp³-hybridized carbons (Fsp3) is 0.562. The average molecular weight is 293 g/mol. The van der Waals surface area contributed by atoms with E-state index < -0.39 is 5.82 Å². The monoisotopic (exact) mass is 293 g/mol. The molecule has 0 bridgehead atoms. The molecule has 1 atom stereocenters. The van der Waals surface area contributed by atoms with Crippen LogP contribution in [-0.2, 0) is 4.79 Å². The molecule has 1 aliphatic rings. The van der Waals surface area contributed by atoms with Crippen LogP contribution in [0.5, 0.6) is 0 Å². The zero-order valence-electron chi connectivity index (χ0n) is 12.6. The van der Waals surface area contributed by atoms with Crippen molar-refractivity contribution < 1.29 is 9.18 Å². The molecular formula is C16H24FN3O. The minimum Gasteiger partial charge on any atom is -0.397 e. The molecule has 1 fully saturated rings. The summed E-state index contributed by atoms with van der Waals surface area (Å²) in [6.07, 6.45) is 6.03. The van der Waals surface area contributed by atoms with E-state index in [1.54, 1.807) is 0 Å². The molecule has 1 aromatic carbocycles. The number of hydrogen-bond acceptors (Lipinski definition) is 3. The van der Waals surface area contributed by atoms with Gasteiger partial charge in [0.05, 0.1) is 17.4 Å². The zero-order chi connectivity index (χ0) is 15.2. The van der Waals surface area contributed by atoms with Gasteiger partial charge >= 0.3 is 0 Å². The van der Waals surface area contributed by atoms with Crippen molar-refractivity contribution >= 4 is 17.3 Å². The Bertz CT molecular complexity index is 484. The Morgan fingerprint density at radius 2 is 1.86 bits per heavy atom. The molecule has 1 saturated heterocycles. The van der Waals surface area contributed by atoms with Crippen LogP contribution in [-0.4, -0.2) is 29.9 Å². The quantitative estimate of drug-likeness (QED) is 0.842. The lowest BCUT2D eigenvalue weighted by atomic mass is 10.1. The van der Waals surface area contributed by atoms with E-state index in [2.05, 4.69) is 10.2 Å². The minimum atomic E-state index is -0.401. The second kappa shape index (κ2) is 7.41. The van der Waals surface area contributed by atoms with E-state index >= 15 is 0 Å². The Balaban J connectivity index is 1.97. The molecule has 4 nitrogen and oxygen atoms in total. The smallest absolute Gasteiger partial charge is 0.241 e. The van der Waals surface area contributed by atoms with Gasteiger partial charge in [-0.2, -0.15) is 0 Å². The van der Waals surface area contributed by atoms with E-state index in [1.165, 1.54) is 37.5 Å². The Hall–Kier alpha value is -1.62. The van der Waals surface area contributed by atoms with Gasteiger partial charge in [-0.1, -0.05) is 19.3 Å². The minimum absolute atomic E-state index is 0.0890. The van der Waals surface area contributed by atoms with E-state index in [0.717, 1.165) is 25.9 Å². The number of nitrogens with two attached hydrogens (primary N) is 1. The molecule has 1 amide bonds. The van der Waals surface area contributed by atoms with Crippen molar-refractivity contribution in [3.05, 3.63) is 24.0 Å². The number of amides is 1. The summed E-state index contributed by atoms with van der Waals surface area (Å²) >= 11 is 0. The molecule has 5 heteroatoms. The van der Waals surface area contributed by atoms with Crippen molar-refractivity contribution in [1.29, 1.82) is 0 Å². The fourth-order valence-corrected chi connectivity index (χ4v) is 2.71. The molecule has 0 saturated carbocycles. The Kier molecular flexibility index (Phi) is 5.56. The number of carbonyl (C=O) groups excluding carboxylic acids is 1. The maximum atomic E-state index is 13.0. The number of carbonyl (C=O) groups is 1. The van der Waals surface area contributed by atoms with Crippen LogP contribution in [0.2, 0.25) is 0 Å². The summed E-state index contributed by atoms with van der Waals surface area (Å²) in [4.78, 5) is 14.6. The van der Waals surface area contributed by atoms with Crippen molar-refractivity contribution in [2.24, 2.45) is 0 Å². The number of likely N-dealkylation sites (tertiary alicyclic amines) is 1. The number of hydrogen-bond donors (Lipinski definition) is 2. The summed E-state index contributed by atoms with van der Waals surface area (Å²) in [5, 5.41) is 2.80. The van der Waals surface area contributed by atoms with Crippen LogP contribution in [0.15, 0.2) is 18.2 Å². The standard InChI is InChI=1S/C16H24FN3O/c1-12(20-9-5-3-2-4-6-10-20)16(21)19-15-8-7-13(17)11-14(15)18/h7-8,11-12H,2-6,9-10,18H2,1H3,(H,19,21). The molecule has 3 N–H and O–H groups in total. The number of nitrogens with zero attached hydrogens (tertiary/aromatic N) is 1.